The average Bonchev–Trinajstić information content (AvgIpc) is 3.28. The Bertz CT molecular complexity index is 794. The second-order valence-electron chi connectivity index (χ2n) is 10.2. The zero-order valence-corrected chi connectivity index (χ0v) is 22.3. The van der Waals surface area contributed by atoms with Crippen LogP contribution in [0.4, 0.5) is 4.79 Å². The van der Waals surface area contributed by atoms with Crippen molar-refractivity contribution >= 4 is 29.8 Å². The highest BCUT2D eigenvalue weighted by molar-refractivity contribution is 5.92. The third-order valence-electron chi connectivity index (χ3n) is 5.57. The van der Waals surface area contributed by atoms with Crippen molar-refractivity contribution in [1.29, 1.82) is 0 Å². The number of carbonyl (C=O) groups excluding carboxylic acids is 5. The van der Waals surface area contributed by atoms with Gasteiger partial charge in [0.25, 0.3) is 0 Å². The van der Waals surface area contributed by atoms with E-state index in [1.165, 1.54) is 12.0 Å². The van der Waals surface area contributed by atoms with Crippen molar-refractivity contribution in [3.05, 3.63) is 0 Å². The van der Waals surface area contributed by atoms with Crippen molar-refractivity contribution in [2.75, 3.05) is 20.8 Å². The smallest absolute Gasteiger partial charge is 0.408 e. The fourth-order valence-electron chi connectivity index (χ4n) is 3.91. The molecule has 0 bridgehead atoms. The Morgan fingerprint density at radius 3 is 2.22 bits per heavy atom. The Balaban J connectivity index is 3.05. The van der Waals surface area contributed by atoms with Gasteiger partial charge in [0.2, 0.25) is 11.8 Å². The van der Waals surface area contributed by atoms with Crippen LogP contribution in [-0.2, 0) is 33.4 Å². The Morgan fingerprint density at radius 2 is 1.69 bits per heavy atom. The first-order chi connectivity index (χ1) is 16.7. The molecule has 2 unspecified atom stereocenters. The van der Waals surface area contributed by atoms with E-state index >= 15 is 0 Å². The van der Waals surface area contributed by atoms with Crippen LogP contribution in [0.15, 0.2) is 0 Å². The predicted octanol–water partition coefficient (Wildman–Crippen LogP) is 0.889. The molecule has 1 fully saturated rings. The van der Waals surface area contributed by atoms with Crippen LogP contribution in [-0.4, -0.2) is 90.4 Å². The zero-order chi connectivity index (χ0) is 27.6. The number of nitrogens with one attached hydrogen (secondary N) is 2. The molecule has 12 heteroatoms. The number of amides is 3. The van der Waals surface area contributed by atoms with Gasteiger partial charge in [-0.15, -0.1) is 0 Å². The summed E-state index contributed by atoms with van der Waals surface area (Å²) in [4.78, 5) is 63.8. The number of hydrogen-bond donors (Lipinski definition) is 3. The molecule has 0 aromatic heterocycles. The fraction of sp³-hybridized carbons (Fsp3) is 0.792. The van der Waals surface area contributed by atoms with E-state index in [4.69, 9.17) is 4.74 Å². The number of aliphatic hydroxyl groups excluding tert-OH is 1. The van der Waals surface area contributed by atoms with Crippen LogP contribution in [0.25, 0.3) is 0 Å². The van der Waals surface area contributed by atoms with Crippen LogP contribution in [0, 0.1) is 5.92 Å². The van der Waals surface area contributed by atoms with Crippen LogP contribution in [0.1, 0.15) is 66.7 Å². The number of alkyl carbamates (subject to hydrolysis) is 1. The minimum absolute atomic E-state index is 0.0490. The van der Waals surface area contributed by atoms with E-state index in [0.717, 1.165) is 7.11 Å². The number of carbonyl (C=O) groups is 5. The highest BCUT2D eigenvalue weighted by Gasteiger charge is 2.40. The SMILES string of the molecule is COC(=O)CC[C@H](NC(=O)OC(C)(C)C)C(=O)N1CCCC1C(=O)N[C@@H](CC(C)C)C(O)C(=O)OC. The molecular formula is C24H41N3O9. The molecule has 1 saturated heterocycles. The number of nitrogens with zero attached hydrogens (tertiary/aromatic N) is 1. The lowest BCUT2D eigenvalue weighted by Crippen LogP contribution is -2.57. The largest absolute Gasteiger partial charge is 0.469 e. The lowest BCUT2D eigenvalue weighted by molar-refractivity contribution is -0.153. The normalized spacial score (nSPS) is 18.1. The summed E-state index contributed by atoms with van der Waals surface area (Å²) < 4.78 is 14.5. The summed E-state index contributed by atoms with van der Waals surface area (Å²) in [6.45, 7) is 9.04. The second-order valence-corrected chi connectivity index (χ2v) is 10.2. The topological polar surface area (TPSA) is 161 Å². The van der Waals surface area contributed by atoms with Crippen molar-refractivity contribution in [2.24, 2.45) is 5.92 Å². The van der Waals surface area contributed by atoms with Crippen molar-refractivity contribution in [1.82, 2.24) is 15.5 Å². The van der Waals surface area contributed by atoms with Gasteiger partial charge < -0.3 is 34.9 Å². The van der Waals surface area contributed by atoms with Crippen LogP contribution in [0.3, 0.4) is 0 Å². The summed E-state index contributed by atoms with van der Waals surface area (Å²) in [5, 5.41) is 15.5. The van der Waals surface area contributed by atoms with E-state index in [-0.39, 0.29) is 25.3 Å². The quantitative estimate of drug-likeness (QED) is 0.268. The fourth-order valence-corrected chi connectivity index (χ4v) is 3.91. The summed E-state index contributed by atoms with van der Waals surface area (Å²) in [6, 6.07) is -2.91. The molecule has 3 N–H and O–H groups in total. The van der Waals surface area contributed by atoms with E-state index < -0.39 is 59.7 Å². The Hall–Kier alpha value is -2.89. The highest BCUT2D eigenvalue weighted by Crippen LogP contribution is 2.21. The van der Waals surface area contributed by atoms with Gasteiger partial charge in [0.1, 0.15) is 17.7 Å². The van der Waals surface area contributed by atoms with Crippen LogP contribution in [0.2, 0.25) is 0 Å². The summed E-state index contributed by atoms with van der Waals surface area (Å²) in [6.07, 6.45) is -1.37. The standard InChI is InChI=1S/C24H41N3O9/c1-14(2)13-16(19(29)22(32)35-7)25-20(30)17-9-8-12-27(17)21(31)15(10-11-18(28)34-6)26-23(33)36-24(3,4)5/h14-17,19,29H,8-13H2,1-7H3,(H,25,30)(H,26,33)/t15-,16-,17?,19?/m0/s1. The molecule has 0 radical (unpaired) electrons. The molecule has 0 aromatic rings. The number of ether oxygens (including phenoxy) is 3. The monoisotopic (exact) mass is 515 g/mol. The molecule has 0 aromatic carbocycles. The van der Waals surface area contributed by atoms with Crippen LogP contribution >= 0.6 is 0 Å². The van der Waals surface area contributed by atoms with Crippen LogP contribution < -0.4 is 10.6 Å². The maximum Gasteiger partial charge on any atom is 0.408 e. The molecule has 4 atom stereocenters. The number of rotatable bonds is 11. The molecule has 0 saturated carbocycles. The highest BCUT2D eigenvalue weighted by atomic mass is 16.6. The molecule has 206 valence electrons. The van der Waals surface area contributed by atoms with Crippen molar-refractivity contribution in [2.45, 2.75) is 96.6 Å². The van der Waals surface area contributed by atoms with E-state index in [1.807, 2.05) is 13.8 Å². The van der Waals surface area contributed by atoms with Crippen molar-refractivity contribution in [3.63, 3.8) is 0 Å². The molecule has 12 nitrogen and oxygen atoms in total. The molecular weight excluding hydrogens is 474 g/mol. The lowest BCUT2D eigenvalue weighted by Gasteiger charge is -2.31. The van der Waals surface area contributed by atoms with Crippen molar-refractivity contribution < 1.29 is 43.3 Å². The van der Waals surface area contributed by atoms with Crippen molar-refractivity contribution in [3.8, 4) is 0 Å². The van der Waals surface area contributed by atoms with E-state index in [1.54, 1.807) is 20.8 Å². The summed E-state index contributed by atoms with van der Waals surface area (Å²) in [5.74, 6) is -2.45. The number of esters is 2. The third-order valence-corrected chi connectivity index (χ3v) is 5.57. The van der Waals surface area contributed by atoms with Crippen LogP contribution in [0.5, 0.6) is 0 Å². The predicted molar refractivity (Wildman–Crippen MR) is 129 cm³/mol. The molecule has 1 aliphatic heterocycles. The van der Waals surface area contributed by atoms with Gasteiger partial charge in [-0.3, -0.25) is 14.4 Å². The molecule has 36 heavy (non-hydrogen) atoms. The minimum atomic E-state index is -1.56. The van der Waals surface area contributed by atoms with Gasteiger partial charge in [-0.25, -0.2) is 9.59 Å². The lowest BCUT2D eigenvalue weighted by atomic mass is 9.98. The molecule has 3 amide bonds. The zero-order valence-electron chi connectivity index (χ0n) is 22.3. The van der Waals surface area contributed by atoms with Gasteiger partial charge >= 0.3 is 18.0 Å². The molecule has 0 spiro atoms. The third kappa shape index (κ3) is 10.00. The van der Waals surface area contributed by atoms with E-state index in [9.17, 15) is 29.1 Å². The van der Waals surface area contributed by atoms with Gasteiger partial charge in [-0.2, -0.15) is 0 Å². The van der Waals surface area contributed by atoms with Gasteiger partial charge in [0.05, 0.1) is 20.3 Å². The molecule has 1 aliphatic rings. The summed E-state index contributed by atoms with van der Waals surface area (Å²) in [7, 11) is 2.36. The maximum absolute atomic E-state index is 13.4. The minimum Gasteiger partial charge on any atom is -0.469 e. The van der Waals surface area contributed by atoms with Gasteiger partial charge in [-0.1, -0.05) is 13.8 Å². The molecule has 0 aliphatic carbocycles. The Labute approximate surface area is 212 Å². The van der Waals surface area contributed by atoms with Gasteiger partial charge in [-0.05, 0) is 52.4 Å². The number of hydrogen-bond acceptors (Lipinski definition) is 9. The van der Waals surface area contributed by atoms with Gasteiger partial charge in [0.15, 0.2) is 6.10 Å². The van der Waals surface area contributed by atoms with E-state index in [0.29, 0.717) is 19.3 Å². The number of methoxy groups -OCH3 is 2. The Kier molecular flexibility index (Phi) is 12.1. The second kappa shape index (κ2) is 14.0. The number of likely N-dealkylation sites (tertiary alicyclic amines) is 1. The maximum atomic E-state index is 13.4. The summed E-state index contributed by atoms with van der Waals surface area (Å²) in [5.41, 5.74) is -0.804. The molecule has 1 heterocycles. The first-order valence-electron chi connectivity index (χ1n) is 12.1. The number of aliphatic hydroxyl groups is 1. The first kappa shape index (κ1) is 31.1. The Morgan fingerprint density at radius 1 is 1.06 bits per heavy atom. The first-order valence-corrected chi connectivity index (χ1v) is 12.1. The van der Waals surface area contributed by atoms with Gasteiger partial charge in [0, 0.05) is 13.0 Å². The van der Waals surface area contributed by atoms with E-state index in [2.05, 4.69) is 20.1 Å². The molecule has 1 rings (SSSR count). The summed E-state index contributed by atoms with van der Waals surface area (Å²) >= 11 is 0. The average molecular weight is 516 g/mol.